The summed E-state index contributed by atoms with van der Waals surface area (Å²) < 4.78 is 10.9. The number of fused-ring (bicyclic) bond motifs is 2. The van der Waals surface area contributed by atoms with Crippen LogP contribution in [0.25, 0.3) is 10.6 Å². The molecule has 1 heterocycles. The average molecular weight is 387 g/mol. The number of nitrogens with zero attached hydrogens (tertiary/aromatic N) is 1. The molecule has 2 bridgehead atoms. The number of carbonyl (C=O) groups is 1. The third kappa shape index (κ3) is 3.43. The number of para-hydroxylation sites is 1. The van der Waals surface area contributed by atoms with E-state index < -0.39 is 0 Å². The van der Waals surface area contributed by atoms with Crippen LogP contribution in [0, 0.1) is 17.8 Å². The second-order valence-corrected chi connectivity index (χ2v) is 8.54. The van der Waals surface area contributed by atoms with Crippen LogP contribution in [0.2, 0.25) is 0 Å². The number of thiazole rings is 1. The lowest BCUT2D eigenvalue weighted by molar-refractivity contribution is 0.0911. The monoisotopic (exact) mass is 386 g/mol. The first-order chi connectivity index (χ1) is 13.1. The molecule has 1 amide bonds. The van der Waals surface area contributed by atoms with Crippen LogP contribution in [-0.4, -0.2) is 31.2 Å². The molecule has 2 saturated carbocycles. The molecule has 0 unspecified atom stereocenters. The molecule has 1 N–H and O–H groups in total. The minimum Gasteiger partial charge on any atom is -0.493 e. The van der Waals surface area contributed by atoms with Crippen molar-refractivity contribution in [1.29, 1.82) is 0 Å². The highest BCUT2D eigenvalue weighted by atomic mass is 32.1. The van der Waals surface area contributed by atoms with Gasteiger partial charge in [0.15, 0.2) is 11.5 Å². The van der Waals surface area contributed by atoms with Gasteiger partial charge in [0.1, 0.15) is 10.7 Å². The molecular weight excluding hydrogens is 360 g/mol. The Morgan fingerprint density at radius 3 is 2.78 bits per heavy atom. The van der Waals surface area contributed by atoms with E-state index in [0.29, 0.717) is 23.1 Å². The lowest BCUT2D eigenvalue weighted by atomic mass is 9.84. The van der Waals surface area contributed by atoms with E-state index >= 15 is 0 Å². The lowest BCUT2D eigenvalue weighted by Gasteiger charge is -2.28. The zero-order chi connectivity index (χ0) is 19.0. The van der Waals surface area contributed by atoms with Gasteiger partial charge >= 0.3 is 0 Å². The van der Waals surface area contributed by atoms with Crippen LogP contribution in [0.15, 0.2) is 23.6 Å². The van der Waals surface area contributed by atoms with Gasteiger partial charge in [-0.2, -0.15) is 0 Å². The molecule has 4 rings (SSSR count). The van der Waals surface area contributed by atoms with Gasteiger partial charge in [-0.25, -0.2) is 4.98 Å². The number of aromatic nitrogens is 1. The largest absolute Gasteiger partial charge is 0.493 e. The van der Waals surface area contributed by atoms with E-state index in [4.69, 9.17) is 9.47 Å². The van der Waals surface area contributed by atoms with Gasteiger partial charge in [-0.1, -0.05) is 12.5 Å². The van der Waals surface area contributed by atoms with E-state index in [-0.39, 0.29) is 11.9 Å². The molecule has 27 heavy (non-hydrogen) atoms. The summed E-state index contributed by atoms with van der Waals surface area (Å²) in [5.41, 5.74) is 1.30. The summed E-state index contributed by atoms with van der Waals surface area (Å²) in [5.74, 6) is 3.49. The van der Waals surface area contributed by atoms with Gasteiger partial charge in [-0.15, -0.1) is 11.3 Å². The van der Waals surface area contributed by atoms with Crippen molar-refractivity contribution in [3.63, 3.8) is 0 Å². The van der Waals surface area contributed by atoms with Gasteiger partial charge in [-0.05, 0) is 56.1 Å². The van der Waals surface area contributed by atoms with E-state index in [2.05, 4.69) is 17.2 Å². The summed E-state index contributed by atoms with van der Waals surface area (Å²) in [7, 11) is 3.22. The van der Waals surface area contributed by atoms with Crippen molar-refractivity contribution in [2.45, 2.75) is 38.6 Å². The van der Waals surface area contributed by atoms with E-state index in [9.17, 15) is 4.79 Å². The van der Waals surface area contributed by atoms with Crippen LogP contribution < -0.4 is 14.8 Å². The fourth-order valence-corrected chi connectivity index (χ4v) is 5.67. The zero-order valence-electron chi connectivity index (χ0n) is 16.0. The minimum absolute atomic E-state index is 0.0883. The third-order valence-corrected chi connectivity index (χ3v) is 7.04. The van der Waals surface area contributed by atoms with E-state index in [1.807, 2.05) is 23.6 Å². The Morgan fingerprint density at radius 1 is 1.26 bits per heavy atom. The first-order valence-electron chi connectivity index (χ1n) is 9.58. The van der Waals surface area contributed by atoms with Crippen LogP contribution in [-0.2, 0) is 0 Å². The third-order valence-electron chi connectivity index (χ3n) is 6.16. The summed E-state index contributed by atoms with van der Waals surface area (Å²) in [4.78, 5) is 17.3. The molecular formula is C21H26N2O3S. The summed E-state index contributed by atoms with van der Waals surface area (Å²) >= 11 is 1.44. The van der Waals surface area contributed by atoms with E-state index in [1.54, 1.807) is 14.2 Å². The number of ether oxygens (including phenoxy) is 2. The van der Waals surface area contributed by atoms with Gasteiger partial charge in [0.05, 0.1) is 19.8 Å². The van der Waals surface area contributed by atoms with Crippen molar-refractivity contribution in [2.24, 2.45) is 17.8 Å². The number of amides is 1. The van der Waals surface area contributed by atoms with Crippen LogP contribution >= 0.6 is 11.3 Å². The normalized spacial score (nSPS) is 24.6. The number of hydrogen-bond acceptors (Lipinski definition) is 5. The second kappa shape index (κ2) is 7.50. The van der Waals surface area contributed by atoms with Crippen molar-refractivity contribution in [3.05, 3.63) is 29.3 Å². The smallest absolute Gasteiger partial charge is 0.270 e. The van der Waals surface area contributed by atoms with Crippen LogP contribution in [0.4, 0.5) is 0 Å². The highest BCUT2D eigenvalue weighted by Crippen LogP contribution is 2.49. The van der Waals surface area contributed by atoms with E-state index in [1.165, 1.54) is 37.0 Å². The maximum absolute atomic E-state index is 12.7. The van der Waals surface area contributed by atoms with E-state index in [0.717, 1.165) is 22.4 Å². The maximum atomic E-state index is 12.7. The second-order valence-electron chi connectivity index (χ2n) is 7.68. The summed E-state index contributed by atoms with van der Waals surface area (Å²) in [6.45, 7) is 2.14. The highest BCUT2D eigenvalue weighted by molar-refractivity contribution is 7.13. The molecule has 2 aliphatic rings. The number of nitrogens with one attached hydrogen (secondary N) is 1. The molecule has 1 aromatic carbocycles. The van der Waals surface area contributed by atoms with Crippen molar-refractivity contribution in [1.82, 2.24) is 10.3 Å². The van der Waals surface area contributed by atoms with Crippen molar-refractivity contribution >= 4 is 17.2 Å². The van der Waals surface area contributed by atoms with Gasteiger partial charge in [0.25, 0.3) is 5.91 Å². The topological polar surface area (TPSA) is 60.5 Å². The van der Waals surface area contributed by atoms with Crippen molar-refractivity contribution in [3.8, 4) is 22.1 Å². The lowest BCUT2D eigenvalue weighted by Crippen LogP contribution is -2.40. The fourth-order valence-electron chi connectivity index (χ4n) is 4.85. The Hall–Kier alpha value is -2.08. The standard InChI is InChI=1S/C21H26N2O3S/c1-12(16-10-13-7-8-14(16)9-13)22-20(24)17-11-27-21(23-17)15-5-4-6-18(25-2)19(15)26-3/h4-6,11-14,16H,7-10H2,1-3H3,(H,22,24)/t12-,13+,14+,16+/m1/s1. The SMILES string of the molecule is COc1cccc(-c2nc(C(=O)N[C@H](C)[C@@H]3C[C@H]4CC[C@H]3C4)cs2)c1OC. The maximum Gasteiger partial charge on any atom is 0.270 e. The number of methoxy groups -OCH3 is 2. The predicted molar refractivity (Wildman–Crippen MR) is 107 cm³/mol. The molecule has 2 aliphatic carbocycles. The molecule has 2 aromatic rings. The van der Waals surface area contributed by atoms with Crippen LogP contribution in [0.3, 0.4) is 0 Å². The fraction of sp³-hybridized carbons (Fsp3) is 0.524. The molecule has 0 aliphatic heterocycles. The minimum atomic E-state index is -0.0883. The van der Waals surface area contributed by atoms with Gasteiger partial charge in [0, 0.05) is 11.4 Å². The molecule has 0 radical (unpaired) electrons. The van der Waals surface area contributed by atoms with Crippen molar-refractivity contribution < 1.29 is 14.3 Å². The summed E-state index contributed by atoms with van der Waals surface area (Å²) in [6.07, 6.45) is 5.31. The Balaban J connectivity index is 1.48. The molecule has 4 atom stereocenters. The molecule has 0 spiro atoms. The van der Waals surface area contributed by atoms with Crippen LogP contribution in [0.5, 0.6) is 11.5 Å². The zero-order valence-corrected chi connectivity index (χ0v) is 16.8. The van der Waals surface area contributed by atoms with Crippen molar-refractivity contribution in [2.75, 3.05) is 14.2 Å². The number of hydrogen-bond donors (Lipinski definition) is 1. The number of rotatable bonds is 6. The average Bonchev–Trinajstić information content (AvgIpc) is 3.43. The highest BCUT2D eigenvalue weighted by Gasteiger charge is 2.42. The molecule has 6 heteroatoms. The Kier molecular flexibility index (Phi) is 5.08. The quantitative estimate of drug-likeness (QED) is 0.800. The summed E-state index contributed by atoms with van der Waals surface area (Å²) in [5, 5.41) is 5.76. The van der Waals surface area contributed by atoms with Gasteiger partial charge in [-0.3, -0.25) is 4.79 Å². The molecule has 5 nitrogen and oxygen atoms in total. The summed E-state index contributed by atoms with van der Waals surface area (Å²) in [6, 6.07) is 5.87. The van der Waals surface area contributed by atoms with Crippen LogP contribution in [0.1, 0.15) is 43.1 Å². The Labute approximate surface area is 164 Å². The Bertz CT molecular complexity index is 835. The molecule has 0 saturated heterocycles. The molecule has 2 fully saturated rings. The predicted octanol–water partition coefficient (Wildman–Crippen LogP) is 4.38. The number of benzene rings is 1. The number of carbonyl (C=O) groups excluding carboxylic acids is 1. The molecule has 1 aromatic heterocycles. The van der Waals surface area contributed by atoms with Gasteiger partial charge < -0.3 is 14.8 Å². The molecule has 144 valence electrons. The first kappa shape index (κ1) is 18.3. The Morgan fingerprint density at radius 2 is 2.11 bits per heavy atom. The first-order valence-corrected chi connectivity index (χ1v) is 10.5. The van der Waals surface area contributed by atoms with Gasteiger partial charge in [0.2, 0.25) is 0 Å².